The van der Waals surface area contributed by atoms with Gasteiger partial charge >= 0.3 is 0 Å². The Labute approximate surface area is 119 Å². The van der Waals surface area contributed by atoms with Gasteiger partial charge in [-0.3, -0.25) is 9.59 Å². The van der Waals surface area contributed by atoms with E-state index in [0.29, 0.717) is 6.54 Å². The highest BCUT2D eigenvalue weighted by Crippen LogP contribution is 2.12. The smallest absolute Gasteiger partial charge is 0.239 e. The Morgan fingerprint density at radius 3 is 2.50 bits per heavy atom. The number of carbonyl (C=O) groups excluding carboxylic acids is 2. The molecule has 5 heteroatoms. The number of amides is 2. The lowest BCUT2D eigenvalue weighted by molar-refractivity contribution is -0.131. The summed E-state index contributed by atoms with van der Waals surface area (Å²) in [5, 5.41) is 5.35. The van der Waals surface area contributed by atoms with Crippen LogP contribution in [0.25, 0.3) is 0 Å². The molecule has 1 aromatic rings. The van der Waals surface area contributed by atoms with Crippen LogP contribution in [0.1, 0.15) is 26.3 Å². The molecule has 0 radical (unpaired) electrons. The standard InChI is InChI=1S/C15H22N2O3/c1-15(2,3)14(19)17-10-13(18)16-9-11-6-5-7-12(8-11)20-4/h5-8H,9-10H2,1-4H3,(H,16,18)(H,17,19). The van der Waals surface area contributed by atoms with Crippen LogP contribution in [0.15, 0.2) is 24.3 Å². The number of nitrogens with one attached hydrogen (secondary N) is 2. The zero-order valence-electron chi connectivity index (χ0n) is 12.4. The molecule has 0 bridgehead atoms. The highest BCUT2D eigenvalue weighted by atomic mass is 16.5. The van der Waals surface area contributed by atoms with E-state index in [0.717, 1.165) is 11.3 Å². The van der Waals surface area contributed by atoms with Crippen LogP contribution in [-0.2, 0) is 16.1 Å². The number of carbonyl (C=O) groups is 2. The number of benzene rings is 1. The number of rotatable bonds is 5. The maximum Gasteiger partial charge on any atom is 0.239 e. The molecular formula is C15H22N2O3. The molecule has 0 saturated heterocycles. The van der Waals surface area contributed by atoms with Gasteiger partial charge < -0.3 is 15.4 Å². The minimum absolute atomic E-state index is 0.0138. The molecule has 0 unspecified atom stereocenters. The summed E-state index contributed by atoms with van der Waals surface area (Å²) < 4.78 is 5.11. The molecule has 0 atom stereocenters. The molecule has 0 aromatic heterocycles. The van der Waals surface area contributed by atoms with Gasteiger partial charge in [-0.1, -0.05) is 32.9 Å². The number of ether oxygens (including phenoxy) is 1. The predicted molar refractivity (Wildman–Crippen MR) is 77.3 cm³/mol. The van der Waals surface area contributed by atoms with Crippen molar-refractivity contribution in [2.24, 2.45) is 5.41 Å². The SMILES string of the molecule is COc1cccc(CNC(=O)CNC(=O)C(C)(C)C)c1. The van der Waals surface area contributed by atoms with Crippen molar-refractivity contribution in [2.75, 3.05) is 13.7 Å². The maximum atomic E-state index is 11.6. The molecule has 0 aliphatic rings. The van der Waals surface area contributed by atoms with E-state index in [9.17, 15) is 9.59 Å². The molecule has 0 aliphatic carbocycles. The zero-order chi connectivity index (χ0) is 15.2. The molecule has 1 aromatic carbocycles. The van der Waals surface area contributed by atoms with Crippen molar-refractivity contribution in [2.45, 2.75) is 27.3 Å². The molecule has 1 rings (SSSR count). The fraction of sp³-hybridized carbons (Fsp3) is 0.467. The highest BCUT2D eigenvalue weighted by molar-refractivity contribution is 5.87. The van der Waals surface area contributed by atoms with Gasteiger partial charge in [0.15, 0.2) is 0 Å². The van der Waals surface area contributed by atoms with E-state index in [2.05, 4.69) is 10.6 Å². The fourth-order valence-electron chi connectivity index (χ4n) is 1.47. The van der Waals surface area contributed by atoms with E-state index >= 15 is 0 Å². The van der Waals surface area contributed by atoms with Gasteiger partial charge in [0.25, 0.3) is 0 Å². The fourth-order valence-corrected chi connectivity index (χ4v) is 1.47. The molecule has 2 amide bonds. The Kier molecular flexibility index (Phi) is 5.55. The van der Waals surface area contributed by atoms with Crippen molar-refractivity contribution in [1.29, 1.82) is 0 Å². The second-order valence-electron chi connectivity index (χ2n) is 5.56. The summed E-state index contributed by atoms with van der Waals surface area (Å²) in [6.07, 6.45) is 0. The number of methoxy groups -OCH3 is 1. The molecule has 0 spiro atoms. The van der Waals surface area contributed by atoms with Crippen molar-refractivity contribution in [3.05, 3.63) is 29.8 Å². The van der Waals surface area contributed by atoms with Crippen molar-refractivity contribution < 1.29 is 14.3 Å². The third-order valence-electron chi connectivity index (χ3n) is 2.71. The Morgan fingerprint density at radius 2 is 1.90 bits per heavy atom. The van der Waals surface area contributed by atoms with E-state index in [-0.39, 0.29) is 18.4 Å². The summed E-state index contributed by atoms with van der Waals surface area (Å²) in [6.45, 7) is 5.80. The molecule has 2 N–H and O–H groups in total. The lowest BCUT2D eigenvalue weighted by Gasteiger charge is -2.17. The summed E-state index contributed by atoms with van der Waals surface area (Å²) in [7, 11) is 1.60. The van der Waals surface area contributed by atoms with Crippen LogP contribution in [0.5, 0.6) is 5.75 Å². The average Bonchev–Trinajstić information content (AvgIpc) is 2.41. The van der Waals surface area contributed by atoms with Crippen LogP contribution in [0, 0.1) is 5.41 Å². The van der Waals surface area contributed by atoms with Crippen LogP contribution in [0.4, 0.5) is 0 Å². The first-order chi connectivity index (χ1) is 9.32. The van der Waals surface area contributed by atoms with E-state index in [1.807, 2.05) is 24.3 Å². The normalized spacial score (nSPS) is 10.8. The van der Waals surface area contributed by atoms with E-state index in [1.54, 1.807) is 27.9 Å². The molecule has 0 saturated carbocycles. The van der Waals surface area contributed by atoms with E-state index in [1.165, 1.54) is 0 Å². The summed E-state index contributed by atoms with van der Waals surface area (Å²) >= 11 is 0. The zero-order valence-corrected chi connectivity index (χ0v) is 12.4. The van der Waals surface area contributed by atoms with Gasteiger partial charge in [0.2, 0.25) is 11.8 Å². The first kappa shape index (κ1) is 16.0. The monoisotopic (exact) mass is 278 g/mol. The second kappa shape index (κ2) is 6.93. The summed E-state index contributed by atoms with van der Waals surface area (Å²) in [6, 6.07) is 7.46. The van der Waals surface area contributed by atoms with Gasteiger partial charge in [-0.15, -0.1) is 0 Å². The minimum Gasteiger partial charge on any atom is -0.497 e. The molecule has 110 valence electrons. The van der Waals surface area contributed by atoms with Gasteiger partial charge in [0, 0.05) is 12.0 Å². The summed E-state index contributed by atoms with van der Waals surface area (Å²) in [5.74, 6) is 0.386. The molecule has 0 heterocycles. The second-order valence-corrected chi connectivity index (χ2v) is 5.56. The van der Waals surface area contributed by atoms with Gasteiger partial charge in [-0.05, 0) is 17.7 Å². The van der Waals surface area contributed by atoms with Crippen molar-refractivity contribution in [3.8, 4) is 5.75 Å². The highest BCUT2D eigenvalue weighted by Gasteiger charge is 2.21. The van der Waals surface area contributed by atoms with Crippen LogP contribution in [-0.4, -0.2) is 25.5 Å². The Bertz CT molecular complexity index is 478. The summed E-state index contributed by atoms with van der Waals surface area (Å²) in [4.78, 5) is 23.3. The Balaban J connectivity index is 2.38. The predicted octanol–water partition coefficient (Wildman–Crippen LogP) is 1.47. The quantitative estimate of drug-likeness (QED) is 0.857. The molecular weight excluding hydrogens is 256 g/mol. The lowest BCUT2D eigenvalue weighted by atomic mass is 9.96. The lowest BCUT2D eigenvalue weighted by Crippen LogP contribution is -2.41. The van der Waals surface area contributed by atoms with Gasteiger partial charge in [-0.2, -0.15) is 0 Å². The molecule has 0 aliphatic heterocycles. The van der Waals surface area contributed by atoms with Crippen molar-refractivity contribution >= 4 is 11.8 Å². The third-order valence-corrected chi connectivity index (χ3v) is 2.71. The molecule has 5 nitrogen and oxygen atoms in total. The minimum atomic E-state index is -0.493. The van der Waals surface area contributed by atoms with Gasteiger partial charge in [-0.25, -0.2) is 0 Å². The maximum absolute atomic E-state index is 11.6. The van der Waals surface area contributed by atoms with Crippen LogP contribution < -0.4 is 15.4 Å². The number of hydrogen-bond acceptors (Lipinski definition) is 3. The summed E-state index contributed by atoms with van der Waals surface area (Å²) in [5.41, 5.74) is 0.451. The molecule has 0 fully saturated rings. The van der Waals surface area contributed by atoms with Crippen molar-refractivity contribution in [1.82, 2.24) is 10.6 Å². The third kappa shape index (κ3) is 5.30. The van der Waals surface area contributed by atoms with Crippen LogP contribution >= 0.6 is 0 Å². The average molecular weight is 278 g/mol. The number of hydrogen-bond donors (Lipinski definition) is 2. The van der Waals surface area contributed by atoms with Crippen LogP contribution in [0.2, 0.25) is 0 Å². The molecule has 20 heavy (non-hydrogen) atoms. The van der Waals surface area contributed by atoms with E-state index < -0.39 is 5.41 Å². The van der Waals surface area contributed by atoms with Crippen LogP contribution in [0.3, 0.4) is 0 Å². The van der Waals surface area contributed by atoms with Crippen molar-refractivity contribution in [3.63, 3.8) is 0 Å². The van der Waals surface area contributed by atoms with E-state index in [4.69, 9.17) is 4.74 Å². The first-order valence-electron chi connectivity index (χ1n) is 6.51. The largest absolute Gasteiger partial charge is 0.497 e. The Morgan fingerprint density at radius 1 is 1.20 bits per heavy atom. The Hall–Kier alpha value is -2.04. The first-order valence-corrected chi connectivity index (χ1v) is 6.51. The van der Waals surface area contributed by atoms with Gasteiger partial charge in [0.05, 0.1) is 13.7 Å². The topological polar surface area (TPSA) is 67.4 Å². The van der Waals surface area contributed by atoms with Gasteiger partial charge in [0.1, 0.15) is 5.75 Å².